The molecule has 5 nitrogen and oxygen atoms in total. The number of nitrogens with one attached hydrogen (secondary N) is 1. The second-order valence-corrected chi connectivity index (χ2v) is 7.35. The van der Waals surface area contributed by atoms with E-state index in [1.165, 1.54) is 19.3 Å². The van der Waals surface area contributed by atoms with E-state index in [2.05, 4.69) is 17.2 Å². The number of nitrogens with zero attached hydrogens (tertiary/aromatic N) is 2. The summed E-state index contributed by atoms with van der Waals surface area (Å²) in [6.07, 6.45) is 8.67. The van der Waals surface area contributed by atoms with Crippen LogP contribution in [0.25, 0.3) is 5.65 Å². The SMILES string of the molecule is CC1CCCCC1NC(=O)c1ccc(OCc2cn3ccccc3n2)cc1. The maximum Gasteiger partial charge on any atom is 0.251 e. The number of amides is 1. The largest absolute Gasteiger partial charge is 0.487 e. The highest BCUT2D eigenvalue weighted by molar-refractivity contribution is 5.94. The number of carbonyl (C=O) groups is 1. The normalized spacial score (nSPS) is 19.7. The molecule has 1 fully saturated rings. The van der Waals surface area contributed by atoms with E-state index < -0.39 is 0 Å². The van der Waals surface area contributed by atoms with Crippen molar-refractivity contribution >= 4 is 11.6 Å². The van der Waals surface area contributed by atoms with Gasteiger partial charge in [0.2, 0.25) is 0 Å². The molecule has 1 aromatic carbocycles. The molecule has 140 valence electrons. The van der Waals surface area contributed by atoms with Crippen molar-refractivity contribution in [2.45, 2.75) is 45.3 Å². The number of fused-ring (bicyclic) bond motifs is 1. The molecule has 27 heavy (non-hydrogen) atoms. The number of rotatable bonds is 5. The summed E-state index contributed by atoms with van der Waals surface area (Å²) in [7, 11) is 0. The first kappa shape index (κ1) is 17.6. The number of imidazole rings is 1. The zero-order valence-corrected chi connectivity index (χ0v) is 15.6. The average molecular weight is 363 g/mol. The highest BCUT2D eigenvalue weighted by Gasteiger charge is 2.23. The van der Waals surface area contributed by atoms with E-state index >= 15 is 0 Å². The molecule has 2 heterocycles. The number of hydrogen-bond acceptors (Lipinski definition) is 3. The molecule has 0 radical (unpaired) electrons. The van der Waals surface area contributed by atoms with E-state index in [0.29, 0.717) is 18.1 Å². The van der Waals surface area contributed by atoms with Crippen LogP contribution in [-0.4, -0.2) is 21.3 Å². The zero-order chi connectivity index (χ0) is 18.6. The highest BCUT2D eigenvalue weighted by atomic mass is 16.5. The third kappa shape index (κ3) is 4.13. The van der Waals surface area contributed by atoms with Crippen LogP contribution in [0.5, 0.6) is 5.75 Å². The molecule has 0 aliphatic heterocycles. The van der Waals surface area contributed by atoms with E-state index in [9.17, 15) is 4.79 Å². The zero-order valence-electron chi connectivity index (χ0n) is 15.6. The summed E-state index contributed by atoms with van der Waals surface area (Å²) in [6.45, 7) is 2.62. The van der Waals surface area contributed by atoms with Crippen molar-refractivity contribution in [3.05, 3.63) is 66.1 Å². The van der Waals surface area contributed by atoms with Crippen molar-refractivity contribution in [2.24, 2.45) is 5.92 Å². The molecule has 0 bridgehead atoms. The van der Waals surface area contributed by atoms with Crippen molar-refractivity contribution in [1.29, 1.82) is 0 Å². The van der Waals surface area contributed by atoms with Gasteiger partial charge in [0.15, 0.2) is 0 Å². The second-order valence-electron chi connectivity index (χ2n) is 7.35. The molecule has 1 aliphatic carbocycles. The molecule has 2 unspecified atom stereocenters. The van der Waals surface area contributed by atoms with Crippen LogP contribution in [0, 0.1) is 5.92 Å². The fourth-order valence-electron chi connectivity index (χ4n) is 3.70. The Bertz CT molecular complexity index is 884. The lowest BCUT2D eigenvalue weighted by Crippen LogP contribution is -2.41. The predicted octanol–water partition coefficient (Wildman–Crippen LogP) is 4.22. The fraction of sp³-hybridized carbons (Fsp3) is 0.364. The molecule has 2 atom stereocenters. The van der Waals surface area contributed by atoms with Crippen LogP contribution in [0.3, 0.4) is 0 Å². The van der Waals surface area contributed by atoms with Crippen LogP contribution in [0.2, 0.25) is 0 Å². The van der Waals surface area contributed by atoms with Gasteiger partial charge < -0.3 is 14.5 Å². The number of benzene rings is 1. The van der Waals surface area contributed by atoms with Gasteiger partial charge >= 0.3 is 0 Å². The molecule has 5 heteroatoms. The molecule has 1 saturated carbocycles. The molecule has 2 aromatic heterocycles. The van der Waals surface area contributed by atoms with Crippen LogP contribution in [0.15, 0.2) is 54.9 Å². The first-order valence-corrected chi connectivity index (χ1v) is 9.65. The molecule has 1 aliphatic rings. The summed E-state index contributed by atoms with van der Waals surface area (Å²) >= 11 is 0. The van der Waals surface area contributed by atoms with Gasteiger partial charge in [0.05, 0.1) is 5.69 Å². The van der Waals surface area contributed by atoms with Gasteiger partial charge in [-0.1, -0.05) is 25.8 Å². The molecule has 4 rings (SSSR count). The minimum atomic E-state index is 0.000603. The standard InChI is InChI=1S/C22H25N3O2/c1-16-6-2-3-7-20(16)24-22(26)17-9-11-19(12-10-17)27-15-18-14-25-13-5-4-8-21(25)23-18/h4-5,8-14,16,20H,2-3,6-7,15H2,1H3,(H,24,26). The van der Waals surface area contributed by atoms with E-state index in [-0.39, 0.29) is 11.9 Å². The Balaban J connectivity index is 1.34. The maximum absolute atomic E-state index is 12.5. The fourth-order valence-corrected chi connectivity index (χ4v) is 3.70. The van der Waals surface area contributed by atoms with Gasteiger partial charge in [0.25, 0.3) is 5.91 Å². The molecule has 1 amide bonds. The second kappa shape index (κ2) is 7.82. The highest BCUT2D eigenvalue weighted by Crippen LogP contribution is 2.24. The summed E-state index contributed by atoms with van der Waals surface area (Å²) < 4.78 is 7.79. The Kier molecular flexibility index (Phi) is 5.10. The van der Waals surface area contributed by atoms with Gasteiger partial charge in [0.1, 0.15) is 18.0 Å². The Morgan fingerprint density at radius 3 is 2.78 bits per heavy atom. The summed E-state index contributed by atoms with van der Waals surface area (Å²) in [5, 5.41) is 3.18. The van der Waals surface area contributed by atoms with Crippen LogP contribution >= 0.6 is 0 Å². The van der Waals surface area contributed by atoms with E-state index in [1.807, 2.05) is 59.3 Å². The van der Waals surface area contributed by atoms with Crippen molar-refractivity contribution in [3.63, 3.8) is 0 Å². The van der Waals surface area contributed by atoms with Gasteiger partial charge in [-0.3, -0.25) is 4.79 Å². The molecule has 0 saturated heterocycles. The number of carbonyl (C=O) groups excluding carboxylic acids is 1. The summed E-state index contributed by atoms with van der Waals surface area (Å²) in [6, 6.07) is 13.5. The van der Waals surface area contributed by atoms with Crippen molar-refractivity contribution in [3.8, 4) is 5.75 Å². The third-order valence-electron chi connectivity index (χ3n) is 5.35. The average Bonchev–Trinajstić information content (AvgIpc) is 3.11. The van der Waals surface area contributed by atoms with Crippen LogP contribution in [0.4, 0.5) is 0 Å². The van der Waals surface area contributed by atoms with Gasteiger partial charge in [-0.15, -0.1) is 0 Å². The Morgan fingerprint density at radius 1 is 1.19 bits per heavy atom. The molecule has 0 spiro atoms. The quantitative estimate of drug-likeness (QED) is 0.738. The van der Waals surface area contributed by atoms with Crippen molar-refractivity contribution in [1.82, 2.24) is 14.7 Å². The van der Waals surface area contributed by atoms with Gasteiger partial charge in [0, 0.05) is 24.0 Å². The first-order valence-electron chi connectivity index (χ1n) is 9.65. The third-order valence-corrected chi connectivity index (χ3v) is 5.35. The minimum Gasteiger partial charge on any atom is -0.487 e. The lowest BCUT2D eigenvalue weighted by Gasteiger charge is -2.29. The maximum atomic E-state index is 12.5. The Labute approximate surface area is 159 Å². The lowest BCUT2D eigenvalue weighted by atomic mass is 9.86. The monoisotopic (exact) mass is 363 g/mol. The Morgan fingerprint density at radius 2 is 2.00 bits per heavy atom. The summed E-state index contributed by atoms with van der Waals surface area (Å²) in [4.78, 5) is 17.0. The topological polar surface area (TPSA) is 55.6 Å². The van der Waals surface area contributed by atoms with E-state index in [1.54, 1.807) is 0 Å². The number of aromatic nitrogens is 2. The van der Waals surface area contributed by atoms with Crippen LogP contribution in [-0.2, 0) is 6.61 Å². The van der Waals surface area contributed by atoms with Crippen molar-refractivity contribution in [2.75, 3.05) is 0 Å². The smallest absolute Gasteiger partial charge is 0.251 e. The van der Waals surface area contributed by atoms with Crippen LogP contribution < -0.4 is 10.1 Å². The number of hydrogen-bond donors (Lipinski definition) is 1. The number of pyridine rings is 1. The van der Waals surface area contributed by atoms with Gasteiger partial charge in [-0.25, -0.2) is 4.98 Å². The lowest BCUT2D eigenvalue weighted by molar-refractivity contribution is 0.0910. The van der Waals surface area contributed by atoms with Gasteiger partial charge in [-0.05, 0) is 55.2 Å². The van der Waals surface area contributed by atoms with E-state index in [0.717, 1.165) is 23.5 Å². The summed E-state index contributed by atoms with van der Waals surface area (Å²) in [5.41, 5.74) is 2.45. The predicted molar refractivity (Wildman–Crippen MR) is 105 cm³/mol. The molecular weight excluding hydrogens is 338 g/mol. The first-order chi connectivity index (χ1) is 13.2. The Hall–Kier alpha value is -2.82. The van der Waals surface area contributed by atoms with Gasteiger partial charge in [-0.2, -0.15) is 0 Å². The summed E-state index contributed by atoms with van der Waals surface area (Å²) in [5.74, 6) is 1.28. The van der Waals surface area contributed by atoms with E-state index in [4.69, 9.17) is 4.74 Å². The minimum absolute atomic E-state index is 0.000603. The molecular formula is C22H25N3O2. The molecule has 1 N–H and O–H groups in total. The number of ether oxygens (including phenoxy) is 1. The molecule has 3 aromatic rings. The van der Waals surface area contributed by atoms with Crippen LogP contribution in [0.1, 0.15) is 48.7 Å². The van der Waals surface area contributed by atoms with Crippen molar-refractivity contribution < 1.29 is 9.53 Å².